The van der Waals surface area contributed by atoms with E-state index in [1.807, 2.05) is 44.2 Å². The van der Waals surface area contributed by atoms with Gasteiger partial charge in [0, 0.05) is 12.6 Å². The smallest absolute Gasteiger partial charge is 0.292 e. The quantitative estimate of drug-likeness (QED) is 0.499. The molecular weight excluding hydrogens is 268 g/mol. The van der Waals surface area contributed by atoms with Gasteiger partial charge in [0.1, 0.15) is 18.0 Å². The summed E-state index contributed by atoms with van der Waals surface area (Å²) in [7, 11) is 0. The molecule has 0 unspecified atom stereocenters. The van der Waals surface area contributed by atoms with Gasteiger partial charge in [0.25, 0.3) is 5.69 Å². The van der Waals surface area contributed by atoms with E-state index in [1.165, 1.54) is 6.07 Å². The Morgan fingerprint density at radius 2 is 1.95 bits per heavy atom. The zero-order chi connectivity index (χ0) is 15.2. The second-order valence-electron chi connectivity index (χ2n) is 4.82. The average molecular weight is 286 g/mol. The van der Waals surface area contributed by atoms with Gasteiger partial charge in [0.15, 0.2) is 0 Å². The molecule has 0 saturated heterocycles. The van der Waals surface area contributed by atoms with Crippen LogP contribution in [0.15, 0.2) is 42.5 Å². The van der Waals surface area contributed by atoms with Gasteiger partial charge in [-0.05, 0) is 37.1 Å². The van der Waals surface area contributed by atoms with Crippen molar-refractivity contribution in [3.05, 3.63) is 63.7 Å². The lowest BCUT2D eigenvalue weighted by Gasteiger charge is -2.11. The van der Waals surface area contributed by atoms with Crippen LogP contribution in [0.1, 0.15) is 11.1 Å². The van der Waals surface area contributed by atoms with E-state index in [1.54, 1.807) is 6.07 Å². The summed E-state index contributed by atoms with van der Waals surface area (Å²) in [6.07, 6.45) is 0. The number of hydrogen-bond acceptors (Lipinski definition) is 4. The predicted octanol–water partition coefficient (Wildman–Crippen LogP) is 3.70. The third-order valence-corrected chi connectivity index (χ3v) is 3.11. The minimum Gasteiger partial charge on any atom is -0.492 e. The molecule has 1 N–H and O–H groups in total. The first-order valence-electron chi connectivity index (χ1n) is 6.75. The van der Waals surface area contributed by atoms with Crippen LogP contribution in [0.2, 0.25) is 0 Å². The SMILES string of the molecule is Cc1cccc(OCCNc2c(C)cccc2[N+](=O)[O-])c1. The Balaban J connectivity index is 1.93. The Morgan fingerprint density at radius 1 is 1.19 bits per heavy atom. The summed E-state index contributed by atoms with van der Waals surface area (Å²) in [5.74, 6) is 0.802. The number of anilines is 1. The highest BCUT2D eigenvalue weighted by Crippen LogP contribution is 2.27. The van der Waals surface area contributed by atoms with E-state index in [4.69, 9.17) is 4.74 Å². The van der Waals surface area contributed by atoms with Crippen molar-refractivity contribution >= 4 is 11.4 Å². The van der Waals surface area contributed by atoms with Crippen molar-refractivity contribution in [2.75, 3.05) is 18.5 Å². The number of nitro groups is 1. The molecule has 0 radical (unpaired) electrons. The molecule has 2 rings (SSSR count). The molecule has 0 aliphatic rings. The topological polar surface area (TPSA) is 64.4 Å². The van der Waals surface area contributed by atoms with E-state index >= 15 is 0 Å². The number of nitrogens with one attached hydrogen (secondary N) is 1. The summed E-state index contributed by atoms with van der Waals surface area (Å²) in [6.45, 7) is 4.78. The van der Waals surface area contributed by atoms with Gasteiger partial charge in [0.05, 0.1) is 4.92 Å². The van der Waals surface area contributed by atoms with Crippen molar-refractivity contribution in [2.45, 2.75) is 13.8 Å². The minimum atomic E-state index is -0.378. The Morgan fingerprint density at radius 3 is 2.67 bits per heavy atom. The van der Waals surface area contributed by atoms with E-state index in [2.05, 4.69) is 5.32 Å². The van der Waals surface area contributed by atoms with Crippen LogP contribution in [-0.4, -0.2) is 18.1 Å². The second-order valence-corrected chi connectivity index (χ2v) is 4.82. The van der Waals surface area contributed by atoms with Gasteiger partial charge in [-0.2, -0.15) is 0 Å². The lowest BCUT2D eigenvalue weighted by atomic mass is 10.1. The van der Waals surface area contributed by atoms with E-state index in [-0.39, 0.29) is 10.6 Å². The van der Waals surface area contributed by atoms with Crippen molar-refractivity contribution in [2.24, 2.45) is 0 Å². The Hall–Kier alpha value is -2.56. The first kappa shape index (κ1) is 14.8. The molecule has 110 valence electrons. The summed E-state index contributed by atoms with van der Waals surface area (Å²) < 4.78 is 5.62. The molecule has 5 nitrogen and oxygen atoms in total. The third-order valence-electron chi connectivity index (χ3n) is 3.11. The van der Waals surface area contributed by atoms with Gasteiger partial charge in [0.2, 0.25) is 0 Å². The molecule has 0 saturated carbocycles. The van der Waals surface area contributed by atoms with Crippen molar-refractivity contribution in [1.82, 2.24) is 0 Å². The highest BCUT2D eigenvalue weighted by molar-refractivity contribution is 5.65. The van der Waals surface area contributed by atoms with Crippen LogP contribution in [0.25, 0.3) is 0 Å². The van der Waals surface area contributed by atoms with Crippen LogP contribution in [-0.2, 0) is 0 Å². The number of ether oxygens (including phenoxy) is 1. The highest BCUT2D eigenvalue weighted by Gasteiger charge is 2.14. The Bertz CT molecular complexity index is 641. The van der Waals surface area contributed by atoms with E-state index in [0.29, 0.717) is 18.8 Å². The summed E-state index contributed by atoms with van der Waals surface area (Å²) in [6, 6.07) is 12.8. The predicted molar refractivity (Wildman–Crippen MR) is 83.0 cm³/mol. The van der Waals surface area contributed by atoms with Crippen LogP contribution in [0.3, 0.4) is 0 Å². The molecule has 0 aliphatic carbocycles. The largest absolute Gasteiger partial charge is 0.492 e. The van der Waals surface area contributed by atoms with Gasteiger partial charge in [-0.1, -0.05) is 24.3 Å². The number of benzene rings is 2. The first-order chi connectivity index (χ1) is 10.1. The molecule has 0 atom stereocenters. The number of hydrogen-bond donors (Lipinski definition) is 1. The third kappa shape index (κ3) is 3.95. The van der Waals surface area contributed by atoms with Crippen molar-refractivity contribution in [3.63, 3.8) is 0 Å². The van der Waals surface area contributed by atoms with Crippen molar-refractivity contribution in [3.8, 4) is 5.75 Å². The number of rotatable bonds is 6. The van der Waals surface area contributed by atoms with Crippen LogP contribution >= 0.6 is 0 Å². The summed E-state index contributed by atoms with van der Waals surface area (Å²) >= 11 is 0. The fourth-order valence-electron chi connectivity index (χ4n) is 2.08. The molecule has 0 spiro atoms. The molecule has 0 heterocycles. The molecule has 2 aromatic rings. The molecule has 0 amide bonds. The minimum absolute atomic E-state index is 0.0885. The molecule has 0 bridgehead atoms. The lowest BCUT2D eigenvalue weighted by Crippen LogP contribution is -2.13. The zero-order valence-corrected chi connectivity index (χ0v) is 12.1. The van der Waals surface area contributed by atoms with Crippen LogP contribution < -0.4 is 10.1 Å². The number of aryl methyl sites for hydroxylation is 2. The zero-order valence-electron chi connectivity index (χ0n) is 12.1. The van der Waals surface area contributed by atoms with Gasteiger partial charge >= 0.3 is 0 Å². The monoisotopic (exact) mass is 286 g/mol. The maximum Gasteiger partial charge on any atom is 0.292 e. The summed E-state index contributed by atoms with van der Waals surface area (Å²) in [4.78, 5) is 10.6. The van der Waals surface area contributed by atoms with E-state index in [0.717, 1.165) is 16.9 Å². The number of nitrogens with zero attached hydrogens (tertiary/aromatic N) is 1. The molecule has 21 heavy (non-hydrogen) atoms. The molecule has 0 fully saturated rings. The molecular formula is C16H18N2O3. The lowest BCUT2D eigenvalue weighted by molar-refractivity contribution is -0.384. The van der Waals surface area contributed by atoms with Gasteiger partial charge in [-0.3, -0.25) is 10.1 Å². The molecule has 0 aromatic heterocycles. The number of nitro benzene ring substituents is 1. The summed E-state index contributed by atoms with van der Waals surface area (Å²) in [5, 5.41) is 14.1. The van der Waals surface area contributed by atoms with Crippen molar-refractivity contribution < 1.29 is 9.66 Å². The van der Waals surface area contributed by atoms with Crippen LogP contribution in [0.4, 0.5) is 11.4 Å². The second kappa shape index (κ2) is 6.74. The van der Waals surface area contributed by atoms with Gasteiger partial charge < -0.3 is 10.1 Å². The fourth-order valence-corrected chi connectivity index (χ4v) is 2.08. The average Bonchev–Trinajstić information content (AvgIpc) is 2.44. The fraction of sp³-hybridized carbons (Fsp3) is 0.250. The first-order valence-corrected chi connectivity index (χ1v) is 6.75. The Labute approximate surface area is 123 Å². The molecule has 5 heteroatoms. The van der Waals surface area contributed by atoms with Crippen LogP contribution in [0.5, 0.6) is 5.75 Å². The van der Waals surface area contributed by atoms with Crippen LogP contribution in [0, 0.1) is 24.0 Å². The molecule has 2 aromatic carbocycles. The maximum atomic E-state index is 11.0. The summed E-state index contributed by atoms with van der Waals surface area (Å²) in [5.41, 5.74) is 2.62. The van der Waals surface area contributed by atoms with Gasteiger partial charge in [-0.15, -0.1) is 0 Å². The van der Waals surface area contributed by atoms with E-state index < -0.39 is 0 Å². The normalized spacial score (nSPS) is 10.2. The Kier molecular flexibility index (Phi) is 4.77. The molecule has 0 aliphatic heterocycles. The highest BCUT2D eigenvalue weighted by atomic mass is 16.6. The number of para-hydroxylation sites is 1. The van der Waals surface area contributed by atoms with Crippen molar-refractivity contribution in [1.29, 1.82) is 0 Å². The van der Waals surface area contributed by atoms with E-state index in [9.17, 15) is 10.1 Å². The standard InChI is InChI=1S/C16H18N2O3/c1-12-5-3-7-14(11-12)21-10-9-17-16-13(2)6-4-8-15(16)18(19)20/h3-8,11,17H,9-10H2,1-2H3. The maximum absolute atomic E-state index is 11.0. The van der Waals surface area contributed by atoms with Gasteiger partial charge in [-0.25, -0.2) is 0 Å².